The lowest BCUT2D eigenvalue weighted by Gasteiger charge is -2.10. The van der Waals surface area contributed by atoms with E-state index in [1.807, 2.05) is 0 Å². The van der Waals surface area contributed by atoms with E-state index >= 15 is 0 Å². The lowest BCUT2D eigenvalue weighted by atomic mass is 10.1. The van der Waals surface area contributed by atoms with Crippen molar-refractivity contribution in [3.8, 4) is 0 Å². The molecule has 2 aromatic rings. The first-order valence-corrected chi connectivity index (χ1v) is 7.32. The summed E-state index contributed by atoms with van der Waals surface area (Å²) < 4.78 is 2.11. The van der Waals surface area contributed by atoms with E-state index in [2.05, 4.69) is 43.5 Å². The molecule has 1 atom stereocenters. The van der Waals surface area contributed by atoms with Crippen LogP contribution in [-0.4, -0.2) is 9.67 Å². The predicted octanol–water partition coefficient (Wildman–Crippen LogP) is 4.57. The second kappa shape index (κ2) is 5.56. The van der Waals surface area contributed by atoms with Gasteiger partial charge in [-0.1, -0.05) is 38.4 Å². The first-order chi connectivity index (χ1) is 8.95. The van der Waals surface area contributed by atoms with E-state index in [-0.39, 0.29) is 0 Å². The monoisotopic (exact) mass is 279 g/mol. The zero-order valence-corrected chi connectivity index (χ0v) is 12.8. The van der Waals surface area contributed by atoms with Gasteiger partial charge in [-0.05, 0) is 37.0 Å². The molecule has 3 heteroatoms. The highest BCUT2D eigenvalue weighted by Crippen LogP contribution is 2.35. The number of halogens is 1. The molecule has 104 valence electrons. The molecule has 2 nitrogen and oxygen atoms in total. The zero-order valence-electron chi connectivity index (χ0n) is 12.1. The SMILES string of the molecule is CCc1ccc2c(c1)c(C(C)O)c(Cl)n2CC(C)C. The summed E-state index contributed by atoms with van der Waals surface area (Å²) >= 11 is 6.49. The van der Waals surface area contributed by atoms with Crippen LogP contribution in [0.4, 0.5) is 0 Å². The number of rotatable bonds is 4. The molecule has 0 saturated carbocycles. The Kier molecular flexibility index (Phi) is 4.22. The molecule has 0 radical (unpaired) electrons. The molecule has 1 N–H and O–H groups in total. The van der Waals surface area contributed by atoms with Gasteiger partial charge in [0.05, 0.1) is 6.10 Å². The summed E-state index contributed by atoms with van der Waals surface area (Å²) in [6.07, 6.45) is 0.442. The Morgan fingerprint density at radius 2 is 1.95 bits per heavy atom. The van der Waals surface area contributed by atoms with E-state index in [1.165, 1.54) is 5.56 Å². The van der Waals surface area contributed by atoms with Crippen LogP contribution in [0.25, 0.3) is 10.9 Å². The standard InChI is InChI=1S/C16H22ClNO/c1-5-12-6-7-14-13(8-12)15(11(4)19)16(17)18(14)9-10(2)3/h6-8,10-11,19H,5,9H2,1-4H3. The molecular weight excluding hydrogens is 258 g/mol. The second-order valence-corrected chi connectivity index (χ2v) is 5.95. The molecule has 0 saturated heterocycles. The van der Waals surface area contributed by atoms with Gasteiger partial charge < -0.3 is 9.67 Å². The number of hydrogen-bond acceptors (Lipinski definition) is 1. The van der Waals surface area contributed by atoms with Gasteiger partial charge in [-0.25, -0.2) is 0 Å². The molecule has 2 rings (SSSR count). The number of hydrogen-bond donors (Lipinski definition) is 1. The Hall–Kier alpha value is -0.990. The van der Waals surface area contributed by atoms with Crippen LogP contribution >= 0.6 is 11.6 Å². The minimum absolute atomic E-state index is 0.515. The average molecular weight is 280 g/mol. The van der Waals surface area contributed by atoms with Crippen molar-refractivity contribution in [3.05, 3.63) is 34.5 Å². The molecule has 0 aliphatic carbocycles. The number of aliphatic hydroxyl groups excluding tert-OH is 1. The Morgan fingerprint density at radius 1 is 1.26 bits per heavy atom. The van der Waals surface area contributed by atoms with Gasteiger partial charge in [-0.2, -0.15) is 0 Å². The average Bonchev–Trinajstić information content (AvgIpc) is 2.61. The molecule has 1 aromatic carbocycles. The Morgan fingerprint density at radius 3 is 2.47 bits per heavy atom. The van der Waals surface area contributed by atoms with E-state index in [1.54, 1.807) is 6.92 Å². The minimum atomic E-state index is -0.546. The number of benzene rings is 1. The third-order valence-corrected chi connectivity index (χ3v) is 3.88. The smallest absolute Gasteiger partial charge is 0.115 e. The third kappa shape index (κ3) is 2.65. The fraction of sp³-hybridized carbons (Fsp3) is 0.500. The van der Waals surface area contributed by atoms with Crippen molar-refractivity contribution < 1.29 is 5.11 Å². The maximum atomic E-state index is 10.0. The van der Waals surface area contributed by atoms with E-state index in [4.69, 9.17) is 11.6 Å². The molecule has 0 fully saturated rings. The third-order valence-electron chi connectivity index (χ3n) is 3.47. The summed E-state index contributed by atoms with van der Waals surface area (Å²) in [4.78, 5) is 0. The van der Waals surface area contributed by atoms with Crippen molar-refractivity contribution in [2.24, 2.45) is 5.92 Å². The number of aromatic nitrogens is 1. The number of fused-ring (bicyclic) bond motifs is 1. The molecule has 0 aliphatic rings. The lowest BCUT2D eigenvalue weighted by molar-refractivity contribution is 0.200. The molecule has 1 aromatic heterocycles. The van der Waals surface area contributed by atoms with E-state index in [0.29, 0.717) is 11.1 Å². The summed E-state index contributed by atoms with van der Waals surface area (Å²) in [5.41, 5.74) is 3.24. The summed E-state index contributed by atoms with van der Waals surface area (Å²) in [5, 5.41) is 11.8. The summed E-state index contributed by atoms with van der Waals surface area (Å²) in [5.74, 6) is 0.515. The van der Waals surface area contributed by atoms with Gasteiger partial charge in [0.1, 0.15) is 5.15 Å². The van der Waals surface area contributed by atoms with Crippen molar-refractivity contribution in [2.45, 2.75) is 46.8 Å². The minimum Gasteiger partial charge on any atom is -0.389 e. The van der Waals surface area contributed by atoms with Crippen LogP contribution < -0.4 is 0 Å². The van der Waals surface area contributed by atoms with Crippen LogP contribution in [0.2, 0.25) is 5.15 Å². The van der Waals surface area contributed by atoms with Crippen LogP contribution in [-0.2, 0) is 13.0 Å². The first-order valence-electron chi connectivity index (χ1n) is 6.94. The van der Waals surface area contributed by atoms with Crippen molar-refractivity contribution in [2.75, 3.05) is 0 Å². The summed E-state index contributed by atoms with van der Waals surface area (Å²) in [7, 11) is 0. The fourth-order valence-corrected chi connectivity index (χ4v) is 2.98. The van der Waals surface area contributed by atoms with Gasteiger partial charge in [0.2, 0.25) is 0 Å². The predicted molar refractivity (Wildman–Crippen MR) is 81.8 cm³/mol. The van der Waals surface area contributed by atoms with Crippen molar-refractivity contribution in [1.82, 2.24) is 4.57 Å². The first kappa shape index (κ1) is 14.4. The van der Waals surface area contributed by atoms with E-state index < -0.39 is 6.10 Å². The van der Waals surface area contributed by atoms with Crippen molar-refractivity contribution >= 4 is 22.5 Å². The molecule has 1 unspecified atom stereocenters. The van der Waals surface area contributed by atoms with Crippen LogP contribution in [0.1, 0.15) is 44.9 Å². The Balaban J connectivity index is 2.72. The van der Waals surface area contributed by atoms with Gasteiger partial charge in [0.25, 0.3) is 0 Å². The van der Waals surface area contributed by atoms with Gasteiger partial charge in [0, 0.05) is 23.0 Å². The van der Waals surface area contributed by atoms with Crippen LogP contribution in [0.3, 0.4) is 0 Å². The zero-order chi connectivity index (χ0) is 14.2. The van der Waals surface area contributed by atoms with Crippen LogP contribution in [0.5, 0.6) is 0 Å². The largest absolute Gasteiger partial charge is 0.389 e. The molecule has 0 bridgehead atoms. The lowest BCUT2D eigenvalue weighted by Crippen LogP contribution is -2.04. The number of nitrogens with zero attached hydrogens (tertiary/aromatic N) is 1. The molecule has 1 heterocycles. The van der Waals surface area contributed by atoms with E-state index in [9.17, 15) is 5.11 Å². The summed E-state index contributed by atoms with van der Waals surface area (Å²) in [6, 6.07) is 6.41. The van der Waals surface area contributed by atoms with Crippen LogP contribution in [0, 0.1) is 5.92 Å². The highest BCUT2D eigenvalue weighted by Gasteiger charge is 2.19. The topological polar surface area (TPSA) is 25.2 Å². The molecular formula is C16H22ClNO. The summed E-state index contributed by atoms with van der Waals surface area (Å²) in [6.45, 7) is 9.12. The Labute approximate surface area is 120 Å². The Bertz CT molecular complexity index is 584. The normalized spacial score (nSPS) is 13.4. The number of aryl methyl sites for hydroxylation is 1. The number of aliphatic hydroxyl groups is 1. The van der Waals surface area contributed by atoms with Crippen LogP contribution in [0.15, 0.2) is 18.2 Å². The van der Waals surface area contributed by atoms with E-state index in [0.717, 1.165) is 29.4 Å². The fourth-order valence-electron chi connectivity index (χ4n) is 2.56. The van der Waals surface area contributed by atoms with Gasteiger partial charge in [-0.3, -0.25) is 0 Å². The van der Waals surface area contributed by atoms with Crippen molar-refractivity contribution in [3.63, 3.8) is 0 Å². The molecule has 19 heavy (non-hydrogen) atoms. The van der Waals surface area contributed by atoms with Gasteiger partial charge >= 0.3 is 0 Å². The van der Waals surface area contributed by atoms with Gasteiger partial charge in [-0.15, -0.1) is 0 Å². The highest BCUT2D eigenvalue weighted by atomic mass is 35.5. The van der Waals surface area contributed by atoms with Crippen molar-refractivity contribution in [1.29, 1.82) is 0 Å². The highest BCUT2D eigenvalue weighted by molar-refractivity contribution is 6.32. The maximum Gasteiger partial charge on any atom is 0.115 e. The molecule has 0 aliphatic heterocycles. The maximum absolute atomic E-state index is 10.0. The second-order valence-electron chi connectivity index (χ2n) is 5.59. The molecule has 0 amide bonds. The molecule has 0 spiro atoms. The van der Waals surface area contributed by atoms with Gasteiger partial charge in [0.15, 0.2) is 0 Å². The quantitative estimate of drug-likeness (QED) is 0.871.